The minimum atomic E-state index is 0.256. The highest BCUT2D eigenvalue weighted by Crippen LogP contribution is 2.25. The molecule has 2 rings (SSSR count). The zero-order chi connectivity index (χ0) is 13.8. The molecule has 0 aliphatic heterocycles. The van der Waals surface area contributed by atoms with E-state index in [1.807, 2.05) is 32.2 Å². The number of nitrogens with zero attached hydrogens (tertiary/aromatic N) is 1. The Morgan fingerprint density at radius 1 is 1.21 bits per heavy atom. The third kappa shape index (κ3) is 3.48. The number of hydrogen-bond donors (Lipinski definition) is 1. The van der Waals surface area contributed by atoms with Gasteiger partial charge in [-0.05, 0) is 49.1 Å². The molecule has 100 valence electrons. The summed E-state index contributed by atoms with van der Waals surface area (Å²) in [5.41, 5.74) is 3.52. The number of pyridine rings is 1. The summed E-state index contributed by atoms with van der Waals surface area (Å²) in [4.78, 5) is 4.39. The number of anilines is 1. The Bertz CT molecular complexity index is 549. The average Bonchev–Trinajstić information content (AvgIpc) is 2.41. The molecule has 0 amide bonds. The fourth-order valence-corrected chi connectivity index (χ4v) is 2.15. The van der Waals surface area contributed by atoms with Crippen LogP contribution in [0.2, 0.25) is 5.02 Å². The number of aromatic nitrogens is 1. The molecule has 0 spiro atoms. The second-order valence-corrected chi connectivity index (χ2v) is 5.24. The molecule has 3 heteroatoms. The second kappa shape index (κ2) is 6.07. The number of halogens is 1. The molecular formula is C16H19ClN2. The van der Waals surface area contributed by atoms with Gasteiger partial charge in [0.25, 0.3) is 0 Å². The molecule has 0 bridgehead atoms. The van der Waals surface area contributed by atoms with Gasteiger partial charge in [-0.2, -0.15) is 0 Å². The van der Waals surface area contributed by atoms with Crippen LogP contribution in [-0.4, -0.2) is 4.98 Å². The van der Waals surface area contributed by atoms with E-state index in [9.17, 15) is 0 Å². The first-order valence-corrected chi connectivity index (χ1v) is 6.93. The van der Waals surface area contributed by atoms with E-state index in [2.05, 4.69) is 35.4 Å². The van der Waals surface area contributed by atoms with Crippen LogP contribution in [0.1, 0.15) is 36.1 Å². The van der Waals surface area contributed by atoms with Gasteiger partial charge >= 0.3 is 0 Å². The summed E-state index contributed by atoms with van der Waals surface area (Å²) in [7, 11) is 0. The lowest BCUT2D eigenvalue weighted by atomic mass is 10.0. The summed E-state index contributed by atoms with van der Waals surface area (Å²) in [6.07, 6.45) is 2.87. The molecular weight excluding hydrogens is 256 g/mol. The number of aryl methyl sites for hydroxylation is 2. The molecule has 1 atom stereocenters. The van der Waals surface area contributed by atoms with Gasteiger partial charge < -0.3 is 5.32 Å². The first kappa shape index (κ1) is 13.9. The van der Waals surface area contributed by atoms with Gasteiger partial charge in [0.05, 0.1) is 6.04 Å². The molecule has 1 N–H and O–H groups in total. The quantitative estimate of drug-likeness (QED) is 0.856. The largest absolute Gasteiger partial charge is 0.363 e. The van der Waals surface area contributed by atoms with Crippen molar-refractivity contribution in [2.24, 2.45) is 0 Å². The maximum absolute atomic E-state index is 6.07. The van der Waals surface area contributed by atoms with Crippen LogP contribution in [0.15, 0.2) is 36.5 Å². The monoisotopic (exact) mass is 274 g/mol. The molecule has 0 aliphatic carbocycles. The standard InChI is InChI=1S/C16H19ClN2/c1-4-15(13-6-7-14(17)12(3)9-13)19-16-8-5-11(2)10-18-16/h5-10,15H,4H2,1-3H3,(H,18,19)/t15-/m1/s1. The minimum Gasteiger partial charge on any atom is -0.363 e. The molecule has 0 saturated carbocycles. The Morgan fingerprint density at radius 3 is 2.58 bits per heavy atom. The van der Waals surface area contributed by atoms with E-state index in [1.165, 1.54) is 11.1 Å². The molecule has 0 unspecified atom stereocenters. The Morgan fingerprint density at radius 2 is 2.00 bits per heavy atom. The summed E-state index contributed by atoms with van der Waals surface area (Å²) >= 11 is 6.07. The summed E-state index contributed by atoms with van der Waals surface area (Å²) in [6.45, 7) is 6.23. The van der Waals surface area contributed by atoms with E-state index < -0.39 is 0 Å². The Kier molecular flexibility index (Phi) is 4.43. The summed E-state index contributed by atoms with van der Waals surface area (Å²) < 4.78 is 0. The molecule has 2 aromatic rings. The molecule has 2 nitrogen and oxygen atoms in total. The highest BCUT2D eigenvalue weighted by Gasteiger charge is 2.10. The van der Waals surface area contributed by atoms with Gasteiger partial charge in [-0.1, -0.05) is 36.7 Å². The molecule has 0 fully saturated rings. The van der Waals surface area contributed by atoms with Crippen molar-refractivity contribution >= 4 is 17.4 Å². The highest BCUT2D eigenvalue weighted by molar-refractivity contribution is 6.31. The van der Waals surface area contributed by atoms with Crippen molar-refractivity contribution in [1.82, 2.24) is 4.98 Å². The zero-order valence-corrected chi connectivity index (χ0v) is 12.3. The van der Waals surface area contributed by atoms with Gasteiger partial charge in [0.15, 0.2) is 0 Å². The van der Waals surface area contributed by atoms with E-state index in [0.29, 0.717) is 0 Å². The van der Waals surface area contributed by atoms with Crippen LogP contribution in [0, 0.1) is 13.8 Å². The van der Waals surface area contributed by atoms with Gasteiger partial charge in [0, 0.05) is 11.2 Å². The lowest BCUT2D eigenvalue weighted by Crippen LogP contribution is -2.10. The van der Waals surface area contributed by atoms with Crippen molar-refractivity contribution in [2.45, 2.75) is 33.2 Å². The predicted molar refractivity (Wildman–Crippen MR) is 81.8 cm³/mol. The predicted octanol–water partition coefficient (Wildman–Crippen LogP) is 4.92. The van der Waals surface area contributed by atoms with Gasteiger partial charge in [0.1, 0.15) is 5.82 Å². The molecule has 0 radical (unpaired) electrons. The first-order valence-electron chi connectivity index (χ1n) is 6.55. The van der Waals surface area contributed by atoms with Crippen molar-refractivity contribution in [2.75, 3.05) is 5.32 Å². The average molecular weight is 275 g/mol. The van der Waals surface area contributed by atoms with Crippen LogP contribution in [0.25, 0.3) is 0 Å². The van der Waals surface area contributed by atoms with Crippen LogP contribution in [-0.2, 0) is 0 Å². The third-order valence-electron chi connectivity index (χ3n) is 3.23. The SMILES string of the molecule is CC[C@@H](Nc1ccc(C)cn1)c1ccc(Cl)c(C)c1. The number of rotatable bonds is 4. The van der Waals surface area contributed by atoms with E-state index >= 15 is 0 Å². The van der Waals surface area contributed by atoms with Gasteiger partial charge in [0.2, 0.25) is 0 Å². The lowest BCUT2D eigenvalue weighted by molar-refractivity contribution is 0.743. The van der Waals surface area contributed by atoms with E-state index in [0.717, 1.165) is 22.8 Å². The summed E-state index contributed by atoms with van der Waals surface area (Å²) in [6, 6.07) is 10.5. The van der Waals surface area contributed by atoms with Crippen LogP contribution >= 0.6 is 11.6 Å². The van der Waals surface area contributed by atoms with Gasteiger partial charge in [-0.3, -0.25) is 0 Å². The van der Waals surface area contributed by atoms with Crippen LogP contribution in [0.3, 0.4) is 0 Å². The lowest BCUT2D eigenvalue weighted by Gasteiger charge is -2.19. The van der Waals surface area contributed by atoms with Crippen LogP contribution < -0.4 is 5.32 Å². The third-order valence-corrected chi connectivity index (χ3v) is 3.65. The number of benzene rings is 1. The van der Waals surface area contributed by atoms with Gasteiger partial charge in [-0.25, -0.2) is 4.98 Å². The normalized spacial score (nSPS) is 12.2. The van der Waals surface area contributed by atoms with E-state index in [1.54, 1.807) is 0 Å². The molecule has 19 heavy (non-hydrogen) atoms. The smallest absolute Gasteiger partial charge is 0.126 e. The fraction of sp³-hybridized carbons (Fsp3) is 0.312. The van der Waals surface area contributed by atoms with Crippen LogP contribution in [0.4, 0.5) is 5.82 Å². The molecule has 0 saturated heterocycles. The van der Waals surface area contributed by atoms with Crippen molar-refractivity contribution < 1.29 is 0 Å². The second-order valence-electron chi connectivity index (χ2n) is 4.83. The zero-order valence-electron chi connectivity index (χ0n) is 11.6. The Hall–Kier alpha value is -1.54. The van der Waals surface area contributed by atoms with Crippen molar-refractivity contribution in [3.63, 3.8) is 0 Å². The Labute approximate surface area is 119 Å². The van der Waals surface area contributed by atoms with Crippen molar-refractivity contribution in [1.29, 1.82) is 0 Å². The number of nitrogens with one attached hydrogen (secondary N) is 1. The highest BCUT2D eigenvalue weighted by atomic mass is 35.5. The maximum atomic E-state index is 6.07. The molecule has 1 aromatic heterocycles. The topological polar surface area (TPSA) is 24.9 Å². The van der Waals surface area contributed by atoms with E-state index in [4.69, 9.17) is 11.6 Å². The van der Waals surface area contributed by atoms with Crippen molar-refractivity contribution in [3.8, 4) is 0 Å². The van der Waals surface area contributed by atoms with Crippen molar-refractivity contribution in [3.05, 3.63) is 58.2 Å². The summed E-state index contributed by atoms with van der Waals surface area (Å²) in [5.74, 6) is 0.907. The Balaban J connectivity index is 2.19. The first-order chi connectivity index (χ1) is 9.10. The van der Waals surface area contributed by atoms with Gasteiger partial charge in [-0.15, -0.1) is 0 Å². The molecule has 1 heterocycles. The summed E-state index contributed by atoms with van der Waals surface area (Å²) in [5, 5.41) is 4.28. The number of hydrogen-bond acceptors (Lipinski definition) is 2. The maximum Gasteiger partial charge on any atom is 0.126 e. The fourth-order valence-electron chi connectivity index (χ4n) is 2.04. The minimum absolute atomic E-state index is 0.256. The van der Waals surface area contributed by atoms with E-state index in [-0.39, 0.29) is 6.04 Å². The molecule has 1 aromatic carbocycles. The van der Waals surface area contributed by atoms with Crippen LogP contribution in [0.5, 0.6) is 0 Å². The molecule has 0 aliphatic rings.